The van der Waals surface area contributed by atoms with Gasteiger partial charge in [-0.3, -0.25) is 9.59 Å². The van der Waals surface area contributed by atoms with Gasteiger partial charge in [0.25, 0.3) is 0 Å². The van der Waals surface area contributed by atoms with E-state index in [9.17, 15) is 14.0 Å². The number of likely N-dealkylation sites (N-methyl/N-ethyl adjacent to an activating group) is 1. The molecule has 0 aliphatic carbocycles. The Bertz CT molecular complexity index is 1290. The number of fused-ring (bicyclic) bond motifs is 1. The molecule has 3 atom stereocenters. The number of hydrogen-bond acceptors (Lipinski definition) is 5. The van der Waals surface area contributed by atoms with E-state index in [1.165, 1.54) is 12.1 Å². The van der Waals surface area contributed by atoms with Crippen LogP contribution in [0.5, 0.6) is 0 Å². The first kappa shape index (κ1) is 25.8. The van der Waals surface area contributed by atoms with Crippen LogP contribution in [0, 0.1) is 25.6 Å². The van der Waals surface area contributed by atoms with E-state index < -0.39 is 12.1 Å². The number of nitrogens with zero attached hydrogens (tertiary/aromatic N) is 4. The van der Waals surface area contributed by atoms with Gasteiger partial charge in [-0.2, -0.15) is 0 Å². The van der Waals surface area contributed by atoms with E-state index in [1.54, 1.807) is 20.0 Å². The van der Waals surface area contributed by atoms with Gasteiger partial charge in [-0.1, -0.05) is 13.8 Å². The third-order valence-corrected chi connectivity index (χ3v) is 6.99. The fourth-order valence-electron chi connectivity index (χ4n) is 4.86. The van der Waals surface area contributed by atoms with Crippen molar-refractivity contribution in [3.63, 3.8) is 0 Å². The highest BCUT2D eigenvalue weighted by Gasteiger charge is 2.37. The van der Waals surface area contributed by atoms with Crippen molar-refractivity contribution in [3.8, 4) is 5.82 Å². The first-order chi connectivity index (χ1) is 17.1. The van der Waals surface area contributed by atoms with Gasteiger partial charge in [0.15, 0.2) is 0 Å². The summed E-state index contributed by atoms with van der Waals surface area (Å²) in [7, 11) is 1.72. The van der Waals surface area contributed by atoms with E-state index in [1.807, 2.05) is 49.4 Å². The van der Waals surface area contributed by atoms with E-state index in [-0.39, 0.29) is 29.6 Å². The van der Waals surface area contributed by atoms with E-state index in [4.69, 9.17) is 4.98 Å². The highest BCUT2D eigenvalue weighted by Crippen LogP contribution is 2.33. The van der Waals surface area contributed by atoms with E-state index in [0.29, 0.717) is 18.2 Å². The Hall–Kier alpha value is -3.33. The lowest BCUT2D eigenvalue weighted by atomic mass is 10.0. The summed E-state index contributed by atoms with van der Waals surface area (Å²) >= 11 is 0. The molecule has 1 fully saturated rings. The van der Waals surface area contributed by atoms with Crippen molar-refractivity contribution in [1.82, 2.24) is 30.1 Å². The average molecular weight is 495 g/mol. The summed E-state index contributed by atoms with van der Waals surface area (Å²) in [6.45, 7) is 10.0. The Balaban J connectivity index is 1.67. The average Bonchev–Trinajstić information content (AvgIpc) is 3.46. The molecule has 8 nitrogen and oxygen atoms in total. The summed E-state index contributed by atoms with van der Waals surface area (Å²) in [5.74, 6) is 0.632. The van der Waals surface area contributed by atoms with Crippen LogP contribution in [-0.4, -0.2) is 56.9 Å². The number of carbonyl (C=O) groups excluding carboxylic acids is 2. The molecular formula is C27H35FN6O2. The zero-order chi connectivity index (χ0) is 26.1. The molecule has 1 aliphatic rings. The van der Waals surface area contributed by atoms with Crippen LogP contribution in [0.3, 0.4) is 0 Å². The zero-order valence-electron chi connectivity index (χ0n) is 21.8. The molecule has 2 unspecified atom stereocenters. The molecule has 2 aromatic heterocycles. The lowest BCUT2D eigenvalue weighted by Gasteiger charge is -2.31. The maximum atomic E-state index is 13.8. The van der Waals surface area contributed by atoms with Crippen LogP contribution < -0.4 is 10.6 Å². The van der Waals surface area contributed by atoms with Gasteiger partial charge in [-0.05, 0) is 70.3 Å². The Labute approximate surface area is 211 Å². The Kier molecular flexibility index (Phi) is 7.40. The summed E-state index contributed by atoms with van der Waals surface area (Å²) in [6, 6.07) is 5.41. The number of benzene rings is 1. The molecule has 192 valence electrons. The lowest BCUT2D eigenvalue weighted by molar-refractivity contribution is -0.139. The number of amides is 2. The molecule has 1 aromatic carbocycles. The first-order valence-electron chi connectivity index (χ1n) is 12.5. The van der Waals surface area contributed by atoms with Crippen molar-refractivity contribution >= 4 is 22.7 Å². The van der Waals surface area contributed by atoms with E-state index in [0.717, 1.165) is 35.0 Å². The number of halogens is 1. The minimum Gasteiger partial charge on any atom is -0.343 e. The number of aromatic nitrogens is 3. The van der Waals surface area contributed by atoms with Crippen LogP contribution in [0.4, 0.5) is 4.39 Å². The second kappa shape index (κ2) is 10.3. The third-order valence-electron chi connectivity index (χ3n) is 6.99. The molecule has 4 rings (SSSR count). The molecule has 1 saturated heterocycles. The quantitative estimate of drug-likeness (QED) is 0.524. The van der Waals surface area contributed by atoms with Crippen molar-refractivity contribution in [3.05, 3.63) is 53.4 Å². The largest absolute Gasteiger partial charge is 0.343 e. The summed E-state index contributed by atoms with van der Waals surface area (Å²) in [6.07, 6.45) is 3.58. The van der Waals surface area contributed by atoms with Crippen molar-refractivity contribution < 1.29 is 14.0 Å². The van der Waals surface area contributed by atoms with Gasteiger partial charge in [0.2, 0.25) is 11.8 Å². The summed E-state index contributed by atoms with van der Waals surface area (Å²) in [4.78, 5) is 37.4. The molecule has 9 heteroatoms. The molecular weight excluding hydrogens is 459 g/mol. The first-order valence-corrected chi connectivity index (χ1v) is 12.5. The summed E-state index contributed by atoms with van der Waals surface area (Å²) in [5.41, 5.74) is 2.58. The second-order valence-electron chi connectivity index (χ2n) is 9.97. The highest BCUT2D eigenvalue weighted by molar-refractivity contribution is 5.90. The Morgan fingerprint density at radius 2 is 1.89 bits per heavy atom. The van der Waals surface area contributed by atoms with Gasteiger partial charge in [0, 0.05) is 24.2 Å². The number of aryl methyl sites for hydroxylation is 2. The minimum atomic E-state index is -0.623. The maximum absolute atomic E-state index is 13.8. The molecule has 2 N–H and O–H groups in total. The van der Waals surface area contributed by atoms with Gasteiger partial charge in [0.1, 0.15) is 23.5 Å². The smallest absolute Gasteiger partial charge is 0.245 e. The topological polar surface area (TPSA) is 92.2 Å². The molecule has 0 radical (unpaired) electrons. The normalized spacial score (nSPS) is 17.6. The third kappa shape index (κ3) is 4.97. The van der Waals surface area contributed by atoms with Crippen molar-refractivity contribution in [1.29, 1.82) is 0 Å². The molecule has 0 bridgehead atoms. The van der Waals surface area contributed by atoms with Crippen LogP contribution in [0.25, 0.3) is 16.7 Å². The van der Waals surface area contributed by atoms with Crippen molar-refractivity contribution in [2.24, 2.45) is 5.92 Å². The van der Waals surface area contributed by atoms with Crippen LogP contribution in [0.1, 0.15) is 56.7 Å². The van der Waals surface area contributed by atoms with Crippen molar-refractivity contribution in [2.75, 3.05) is 13.6 Å². The van der Waals surface area contributed by atoms with E-state index in [2.05, 4.69) is 15.6 Å². The van der Waals surface area contributed by atoms with Crippen molar-refractivity contribution in [2.45, 2.75) is 65.6 Å². The number of nitrogens with one attached hydrogen (secondary N) is 2. The van der Waals surface area contributed by atoms with Gasteiger partial charge < -0.3 is 20.1 Å². The summed E-state index contributed by atoms with van der Waals surface area (Å²) < 4.78 is 15.8. The summed E-state index contributed by atoms with van der Waals surface area (Å²) in [5, 5.41) is 6.68. The number of likely N-dealkylation sites (tertiary alicyclic amines) is 1. The van der Waals surface area contributed by atoms with Gasteiger partial charge in [0.05, 0.1) is 23.3 Å². The molecule has 1 aliphatic heterocycles. The zero-order valence-corrected chi connectivity index (χ0v) is 21.8. The number of carbonyl (C=O) groups is 2. The van der Waals surface area contributed by atoms with Crippen LogP contribution in [0.15, 0.2) is 30.5 Å². The van der Waals surface area contributed by atoms with Gasteiger partial charge >= 0.3 is 0 Å². The predicted octanol–water partition coefficient (Wildman–Crippen LogP) is 3.59. The highest BCUT2D eigenvalue weighted by atomic mass is 19.1. The molecule has 3 heterocycles. The monoisotopic (exact) mass is 494 g/mol. The Morgan fingerprint density at radius 3 is 2.58 bits per heavy atom. The fraction of sp³-hybridized carbons (Fsp3) is 0.481. The molecule has 36 heavy (non-hydrogen) atoms. The molecule has 0 spiro atoms. The Morgan fingerprint density at radius 1 is 1.14 bits per heavy atom. The lowest BCUT2D eigenvalue weighted by Crippen LogP contribution is -2.54. The van der Waals surface area contributed by atoms with Gasteiger partial charge in [-0.25, -0.2) is 14.4 Å². The maximum Gasteiger partial charge on any atom is 0.245 e. The second-order valence-corrected chi connectivity index (χ2v) is 9.97. The van der Waals surface area contributed by atoms with E-state index >= 15 is 0 Å². The molecule has 2 amide bonds. The SMILES string of the molecule is CNC(C)C(=O)N[C@H](C(=O)N1CCCC1c1cc(-n2cc(C)c3cc(F)ccc32)nc(C)n1)C(C)C. The van der Waals surface area contributed by atoms with Gasteiger partial charge in [-0.15, -0.1) is 0 Å². The van der Waals surface area contributed by atoms with Crippen LogP contribution in [0.2, 0.25) is 0 Å². The minimum absolute atomic E-state index is 0.0657. The molecule has 0 saturated carbocycles. The van der Waals surface area contributed by atoms with Crippen LogP contribution >= 0.6 is 0 Å². The molecule has 3 aromatic rings. The number of hydrogen-bond donors (Lipinski definition) is 2. The fourth-order valence-corrected chi connectivity index (χ4v) is 4.86. The standard InChI is InChI=1S/C27H35FN6O2/c1-15(2)25(32-26(35)17(4)29-6)27(36)33-11-7-8-23(33)21-13-24(31-18(5)30-21)34-14-16(3)20-12-19(28)9-10-22(20)34/h9-10,12-15,17,23,25,29H,7-8,11H2,1-6H3,(H,32,35)/t17?,23?,25-/m0/s1. The predicted molar refractivity (Wildman–Crippen MR) is 137 cm³/mol. The van der Waals surface area contributed by atoms with Crippen LogP contribution in [-0.2, 0) is 9.59 Å². The number of rotatable bonds is 7.